The smallest absolute Gasteiger partial charge is 0.265 e. The van der Waals surface area contributed by atoms with Crippen molar-refractivity contribution in [2.24, 2.45) is 5.92 Å². The van der Waals surface area contributed by atoms with E-state index in [0.29, 0.717) is 23.6 Å². The summed E-state index contributed by atoms with van der Waals surface area (Å²) in [6.45, 7) is 7.59. The lowest BCUT2D eigenvalue weighted by atomic mass is 10.1. The maximum absolute atomic E-state index is 12.8. The third kappa shape index (κ3) is 3.67. The molecule has 0 saturated carbocycles. The van der Waals surface area contributed by atoms with Gasteiger partial charge in [-0.3, -0.25) is 19.0 Å². The molecule has 1 aromatic carbocycles. The van der Waals surface area contributed by atoms with Crippen molar-refractivity contribution in [3.63, 3.8) is 0 Å². The molecule has 3 aromatic rings. The molecule has 0 fully saturated rings. The molecule has 2 aromatic heterocycles. The number of hydrogen-bond acceptors (Lipinski definition) is 5. The van der Waals surface area contributed by atoms with E-state index in [-0.39, 0.29) is 33.9 Å². The van der Waals surface area contributed by atoms with Crippen LogP contribution in [0, 0.1) is 12.8 Å². The van der Waals surface area contributed by atoms with Gasteiger partial charge in [-0.15, -0.1) is 0 Å². The number of furan rings is 1. The summed E-state index contributed by atoms with van der Waals surface area (Å²) in [7, 11) is 0. The molecule has 0 atom stereocenters. The number of amides is 1. The summed E-state index contributed by atoms with van der Waals surface area (Å²) in [5, 5.41) is 2.92. The van der Waals surface area contributed by atoms with Crippen LogP contribution in [0.2, 0.25) is 0 Å². The van der Waals surface area contributed by atoms with Crippen LogP contribution in [0.4, 0.5) is 5.69 Å². The summed E-state index contributed by atoms with van der Waals surface area (Å²) >= 11 is 0. The highest BCUT2D eigenvalue weighted by molar-refractivity contribution is 6.12. The Labute approximate surface area is 156 Å². The fraction of sp³-hybridized carbons (Fsp3) is 0.300. The number of aromatic nitrogens is 2. The second kappa shape index (κ2) is 7.19. The molecule has 0 bridgehead atoms. The van der Waals surface area contributed by atoms with E-state index >= 15 is 0 Å². The zero-order valence-corrected chi connectivity index (χ0v) is 15.7. The van der Waals surface area contributed by atoms with Gasteiger partial charge in [-0.25, -0.2) is 4.98 Å². The molecule has 27 heavy (non-hydrogen) atoms. The predicted octanol–water partition coefficient (Wildman–Crippen LogP) is 3.41. The maximum Gasteiger partial charge on any atom is 0.265 e. The third-order valence-corrected chi connectivity index (χ3v) is 4.19. The van der Waals surface area contributed by atoms with Crippen LogP contribution >= 0.6 is 0 Å². The van der Waals surface area contributed by atoms with Gasteiger partial charge in [0.1, 0.15) is 17.5 Å². The first-order valence-electron chi connectivity index (χ1n) is 8.68. The van der Waals surface area contributed by atoms with Crippen molar-refractivity contribution in [1.29, 1.82) is 0 Å². The molecule has 0 aliphatic heterocycles. The monoisotopic (exact) mass is 367 g/mol. The molecule has 1 amide bonds. The van der Waals surface area contributed by atoms with Crippen LogP contribution in [0.3, 0.4) is 0 Å². The average molecular weight is 367 g/mol. The van der Waals surface area contributed by atoms with Crippen LogP contribution in [0.5, 0.6) is 0 Å². The van der Waals surface area contributed by atoms with E-state index in [2.05, 4.69) is 10.3 Å². The number of aryl methyl sites for hydroxylation is 1. The Balaban J connectivity index is 1.99. The molecule has 7 heteroatoms. The van der Waals surface area contributed by atoms with E-state index in [1.165, 1.54) is 17.8 Å². The molecular formula is C20H21N3O4. The lowest BCUT2D eigenvalue weighted by Crippen LogP contribution is -2.24. The molecule has 3 rings (SSSR count). The van der Waals surface area contributed by atoms with Gasteiger partial charge < -0.3 is 9.73 Å². The van der Waals surface area contributed by atoms with Crippen LogP contribution in [0.15, 0.2) is 39.8 Å². The van der Waals surface area contributed by atoms with Gasteiger partial charge in [0.25, 0.3) is 11.5 Å². The number of carbonyl (C=O) groups excluding carboxylic acids is 2. The van der Waals surface area contributed by atoms with E-state index in [0.717, 1.165) is 0 Å². The lowest BCUT2D eigenvalue weighted by Gasteiger charge is -2.08. The Morgan fingerprint density at radius 2 is 1.89 bits per heavy atom. The van der Waals surface area contributed by atoms with Crippen molar-refractivity contribution >= 4 is 28.5 Å². The fourth-order valence-corrected chi connectivity index (χ4v) is 2.92. The topological polar surface area (TPSA) is 94.2 Å². The Bertz CT molecular complexity index is 1080. The van der Waals surface area contributed by atoms with Gasteiger partial charge in [-0.1, -0.05) is 13.8 Å². The number of nitrogens with zero attached hydrogens (tertiary/aromatic N) is 2. The van der Waals surface area contributed by atoms with Crippen molar-refractivity contribution in [2.75, 3.05) is 5.32 Å². The zero-order valence-electron chi connectivity index (χ0n) is 15.7. The summed E-state index contributed by atoms with van der Waals surface area (Å²) in [5.74, 6) is 0.0751. The van der Waals surface area contributed by atoms with Gasteiger partial charge in [0.2, 0.25) is 5.71 Å². The number of rotatable bonds is 5. The summed E-state index contributed by atoms with van der Waals surface area (Å²) < 4.78 is 7.01. The molecular weight excluding hydrogens is 346 g/mol. The van der Waals surface area contributed by atoms with Crippen molar-refractivity contribution in [3.05, 3.63) is 57.8 Å². The Morgan fingerprint density at radius 1 is 1.22 bits per heavy atom. The molecule has 0 spiro atoms. The van der Waals surface area contributed by atoms with Gasteiger partial charge >= 0.3 is 0 Å². The first kappa shape index (κ1) is 18.6. The lowest BCUT2D eigenvalue weighted by molar-refractivity contribution is 0.101. The molecule has 0 aliphatic rings. The van der Waals surface area contributed by atoms with E-state index in [1.807, 2.05) is 13.8 Å². The highest BCUT2D eigenvalue weighted by Gasteiger charge is 2.23. The van der Waals surface area contributed by atoms with E-state index < -0.39 is 5.91 Å². The van der Waals surface area contributed by atoms with Crippen molar-refractivity contribution in [3.8, 4) is 0 Å². The molecule has 2 heterocycles. The van der Waals surface area contributed by atoms with Gasteiger partial charge in [-0.2, -0.15) is 0 Å². The molecule has 0 aliphatic carbocycles. The highest BCUT2D eigenvalue weighted by Crippen LogP contribution is 2.22. The van der Waals surface area contributed by atoms with Crippen LogP contribution < -0.4 is 10.9 Å². The number of Topliss-reactive ketones (excluding diaryl/α,β-unsaturated/α-hetero) is 1. The Kier molecular flexibility index (Phi) is 4.94. The molecule has 140 valence electrons. The number of ketones is 1. The minimum atomic E-state index is -0.456. The number of hydrogen-bond donors (Lipinski definition) is 1. The first-order valence-corrected chi connectivity index (χ1v) is 8.68. The quantitative estimate of drug-likeness (QED) is 0.698. The first-order chi connectivity index (χ1) is 12.8. The van der Waals surface area contributed by atoms with Crippen molar-refractivity contribution in [1.82, 2.24) is 9.55 Å². The average Bonchev–Trinajstić information content (AvgIpc) is 2.94. The zero-order chi connectivity index (χ0) is 19.7. The molecule has 0 radical (unpaired) electrons. The molecule has 0 saturated heterocycles. The van der Waals surface area contributed by atoms with Gasteiger partial charge in [0.15, 0.2) is 5.78 Å². The minimum absolute atomic E-state index is 0.0543. The number of anilines is 1. The Morgan fingerprint density at radius 3 is 2.48 bits per heavy atom. The summed E-state index contributed by atoms with van der Waals surface area (Å²) in [6.07, 6.45) is 1.44. The van der Waals surface area contributed by atoms with Crippen molar-refractivity contribution in [2.45, 2.75) is 34.2 Å². The number of benzene rings is 1. The normalized spacial score (nSPS) is 11.1. The van der Waals surface area contributed by atoms with E-state index in [9.17, 15) is 14.4 Å². The van der Waals surface area contributed by atoms with Gasteiger partial charge in [-0.05, 0) is 44.0 Å². The minimum Gasteiger partial charge on any atom is -0.442 e. The van der Waals surface area contributed by atoms with Crippen molar-refractivity contribution < 1.29 is 14.0 Å². The highest BCUT2D eigenvalue weighted by atomic mass is 16.3. The second-order valence-electron chi connectivity index (χ2n) is 6.90. The number of carbonyl (C=O) groups is 2. The van der Waals surface area contributed by atoms with Crippen LogP contribution in [-0.4, -0.2) is 21.2 Å². The van der Waals surface area contributed by atoms with Crippen LogP contribution in [-0.2, 0) is 6.54 Å². The maximum atomic E-state index is 12.8. The summed E-state index contributed by atoms with van der Waals surface area (Å²) in [5.41, 5.74) is 1.09. The molecule has 0 unspecified atom stereocenters. The van der Waals surface area contributed by atoms with E-state index in [4.69, 9.17) is 4.42 Å². The third-order valence-electron chi connectivity index (χ3n) is 4.19. The SMILES string of the molecule is CC(=O)c1ccc(NC(=O)c2c(C)oc3ncn(CC(C)C)c(=O)c23)cc1. The second-order valence-corrected chi connectivity index (χ2v) is 6.90. The van der Waals surface area contributed by atoms with Crippen LogP contribution in [0.25, 0.3) is 11.1 Å². The van der Waals surface area contributed by atoms with E-state index in [1.54, 1.807) is 31.2 Å². The summed E-state index contributed by atoms with van der Waals surface area (Å²) in [4.78, 5) is 41.2. The van der Waals surface area contributed by atoms with Gasteiger partial charge in [0.05, 0.1) is 5.56 Å². The predicted molar refractivity (Wildman–Crippen MR) is 102 cm³/mol. The number of fused-ring (bicyclic) bond motifs is 1. The standard InChI is InChI=1S/C20H21N3O4/c1-11(2)9-23-10-21-19-17(20(23)26)16(13(4)27-19)18(25)22-15-7-5-14(6-8-15)12(3)24/h5-8,10-11H,9H2,1-4H3,(H,22,25). The molecule has 7 nitrogen and oxygen atoms in total. The molecule has 1 N–H and O–H groups in total. The van der Waals surface area contributed by atoms with Gasteiger partial charge in [0, 0.05) is 17.8 Å². The van der Waals surface area contributed by atoms with Crippen LogP contribution in [0.1, 0.15) is 47.2 Å². The number of nitrogens with one attached hydrogen (secondary N) is 1. The largest absolute Gasteiger partial charge is 0.442 e. The fourth-order valence-electron chi connectivity index (χ4n) is 2.92. The summed E-state index contributed by atoms with van der Waals surface area (Å²) in [6, 6.07) is 6.55. The Hall–Kier alpha value is -3.22.